The molecule has 1 aliphatic rings. The molecule has 0 aromatic heterocycles. The van der Waals surface area contributed by atoms with Crippen LogP contribution in [-0.4, -0.2) is 47.1 Å². The van der Waals surface area contributed by atoms with Crippen molar-refractivity contribution < 1.29 is 27.8 Å². The molecule has 1 rings (SSSR count). The first kappa shape index (κ1) is 20.0. The zero-order valence-corrected chi connectivity index (χ0v) is 16.0. The van der Waals surface area contributed by atoms with Crippen LogP contribution in [0.5, 0.6) is 0 Å². The highest BCUT2D eigenvalue weighted by atomic mass is 28.4. The molecule has 1 saturated heterocycles. The third-order valence-corrected chi connectivity index (χ3v) is 7.93. The fraction of sp³-hybridized carbons (Fsp3) is 1.00. The maximum absolute atomic E-state index is 6.07. The van der Waals surface area contributed by atoms with Gasteiger partial charge in [-0.1, -0.05) is 27.7 Å². The molecule has 2 atom stereocenters. The lowest BCUT2D eigenvalue weighted by molar-refractivity contribution is -0.559. The first-order valence-corrected chi connectivity index (χ1v) is 10.3. The van der Waals surface area contributed by atoms with E-state index in [-0.39, 0.29) is 12.0 Å². The molecule has 0 radical (unpaired) electrons. The molecule has 2 unspecified atom stereocenters. The van der Waals surface area contributed by atoms with E-state index in [0.717, 1.165) is 12.5 Å². The maximum Gasteiger partial charge on any atom is 0.367 e. The molecule has 22 heavy (non-hydrogen) atoms. The third kappa shape index (κ3) is 4.28. The van der Waals surface area contributed by atoms with E-state index < -0.39 is 20.8 Å². The Balaban J connectivity index is 2.65. The van der Waals surface area contributed by atoms with Gasteiger partial charge in [0.05, 0.1) is 0 Å². The van der Waals surface area contributed by atoms with E-state index in [2.05, 4.69) is 6.92 Å². The van der Waals surface area contributed by atoms with Crippen LogP contribution in [-0.2, 0) is 27.8 Å². The summed E-state index contributed by atoms with van der Waals surface area (Å²) in [6.07, 6.45) is 1.51. The lowest BCUT2D eigenvalue weighted by atomic mass is 10.3. The van der Waals surface area contributed by atoms with Crippen molar-refractivity contribution in [3.05, 3.63) is 0 Å². The Morgan fingerprint density at radius 3 is 2.05 bits per heavy atom. The summed E-state index contributed by atoms with van der Waals surface area (Å²) < 4.78 is 34.8. The first-order valence-electron chi connectivity index (χ1n) is 8.23. The zero-order chi connectivity index (χ0) is 16.8. The summed E-state index contributed by atoms with van der Waals surface area (Å²) in [5.74, 6) is -0.975. The van der Waals surface area contributed by atoms with Gasteiger partial charge in [-0.2, -0.15) is 0 Å². The van der Waals surface area contributed by atoms with Gasteiger partial charge in [-0.15, -0.1) is 0 Å². The molecule has 0 aromatic carbocycles. The molecule has 0 saturated carbocycles. The van der Waals surface area contributed by atoms with Crippen LogP contribution < -0.4 is 0 Å². The molecule has 0 amide bonds. The molecule has 1 fully saturated rings. The van der Waals surface area contributed by atoms with E-state index in [1.807, 2.05) is 27.7 Å². The van der Waals surface area contributed by atoms with Gasteiger partial charge in [-0.25, -0.2) is 0 Å². The van der Waals surface area contributed by atoms with Crippen molar-refractivity contribution in [1.29, 1.82) is 0 Å². The molecule has 0 bridgehead atoms. The minimum Gasteiger partial charge on any atom is -0.396 e. The first-order chi connectivity index (χ1) is 10.4. The van der Waals surface area contributed by atoms with E-state index in [4.69, 9.17) is 27.8 Å². The second-order valence-electron chi connectivity index (χ2n) is 5.42. The van der Waals surface area contributed by atoms with Gasteiger partial charge < -0.3 is 13.6 Å². The standard InChI is InChI=1S/C15H32O6Si/c1-8-13(18-12(5)22(11-4,16-6)17-7)19-15(10-3)20-14(9-2)21-15/h12-14H,8-11H2,1-7H3. The summed E-state index contributed by atoms with van der Waals surface area (Å²) in [5.41, 5.74) is -0.159. The summed E-state index contributed by atoms with van der Waals surface area (Å²) in [7, 11) is 0.976. The molecule has 1 heterocycles. The average molecular weight is 337 g/mol. The minimum absolute atomic E-state index is 0.159. The summed E-state index contributed by atoms with van der Waals surface area (Å²) in [5, 5.41) is 0. The van der Waals surface area contributed by atoms with E-state index in [0.29, 0.717) is 12.8 Å². The van der Waals surface area contributed by atoms with Gasteiger partial charge in [0, 0.05) is 20.6 Å². The van der Waals surface area contributed by atoms with Crippen molar-refractivity contribution in [3.8, 4) is 0 Å². The Bertz CT molecular complexity index is 309. The predicted octanol–water partition coefficient (Wildman–Crippen LogP) is 3.29. The maximum atomic E-state index is 6.07. The normalized spacial score (nSPS) is 28.2. The van der Waals surface area contributed by atoms with Gasteiger partial charge in [0.25, 0.3) is 5.97 Å². The second kappa shape index (κ2) is 8.72. The van der Waals surface area contributed by atoms with Gasteiger partial charge in [0.15, 0.2) is 12.6 Å². The Morgan fingerprint density at radius 1 is 1.09 bits per heavy atom. The van der Waals surface area contributed by atoms with Crippen LogP contribution in [0, 0.1) is 0 Å². The summed E-state index contributed by atoms with van der Waals surface area (Å²) in [6, 6.07) is 0.807. The van der Waals surface area contributed by atoms with E-state index >= 15 is 0 Å². The van der Waals surface area contributed by atoms with Gasteiger partial charge in [0.2, 0.25) is 0 Å². The molecule has 0 spiro atoms. The van der Waals surface area contributed by atoms with Crippen molar-refractivity contribution in [3.63, 3.8) is 0 Å². The summed E-state index contributed by atoms with van der Waals surface area (Å²) >= 11 is 0. The van der Waals surface area contributed by atoms with Crippen LogP contribution >= 0.6 is 0 Å². The number of ether oxygens (including phenoxy) is 4. The molecular weight excluding hydrogens is 304 g/mol. The average Bonchev–Trinajstić information content (AvgIpc) is 2.51. The van der Waals surface area contributed by atoms with Gasteiger partial charge in [0.1, 0.15) is 5.73 Å². The molecule has 0 N–H and O–H groups in total. The van der Waals surface area contributed by atoms with Crippen molar-refractivity contribution in [2.75, 3.05) is 14.2 Å². The molecule has 132 valence electrons. The van der Waals surface area contributed by atoms with Gasteiger partial charge in [-0.05, 0) is 25.8 Å². The lowest BCUT2D eigenvalue weighted by Gasteiger charge is -2.47. The monoisotopic (exact) mass is 336 g/mol. The largest absolute Gasteiger partial charge is 0.396 e. The van der Waals surface area contributed by atoms with E-state index in [1.54, 1.807) is 14.2 Å². The second-order valence-corrected chi connectivity index (χ2v) is 9.38. The van der Waals surface area contributed by atoms with E-state index in [9.17, 15) is 0 Å². The highest BCUT2D eigenvalue weighted by molar-refractivity contribution is 6.68. The Morgan fingerprint density at radius 2 is 1.68 bits per heavy atom. The number of hydrogen-bond acceptors (Lipinski definition) is 6. The van der Waals surface area contributed by atoms with Crippen LogP contribution in [0.1, 0.15) is 53.9 Å². The molecule has 0 aliphatic carbocycles. The Kier molecular flexibility index (Phi) is 7.94. The lowest BCUT2D eigenvalue weighted by Crippen LogP contribution is -2.58. The molecule has 1 aliphatic heterocycles. The van der Waals surface area contributed by atoms with Crippen LogP contribution in [0.3, 0.4) is 0 Å². The zero-order valence-electron chi connectivity index (χ0n) is 15.0. The van der Waals surface area contributed by atoms with Crippen molar-refractivity contribution >= 4 is 8.56 Å². The number of hydrogen-bond donors (Lipinski definition) is 0. The number of rotatable bonds is 11. The highest BCUT2D eigenvalue weighted by Gasteiger charge is 2.49. The molecular formula is C15H32O6Si. The Hall–Kier alpha value is -0.0231. The predicted molar refractivity (Wildman–Crippen MR) is 85.2 cm³/mol. The molecule has 6 nitrogen and oxygen atoms in total. The SMILES string of the molecule is CCC(OC(C)[Si](CC)(OC)OC)OC1(CC)OC(CC)O1. The quantitative estimate of drug-likeness (QED) is 0.426. The van der Waals surface area contributed by atoms with E-state index in [1.165, 1.54) is 0 Å². The Labute approximate surface area is 135 Å². The summed E-state index contributed by atoms with van der Waals surface area (Å²) in [4.78, 5) is 0. The van der Waals surface area contributed by atoms with Gasteiger partial charge in [-0.3, -0.25) is 14.2 Å². The molecule has 0 aromatic rings. The van der Waals surface area contributed by atoms with Crippen molar-refractivity contribution in [2.45, 2.75) is 84.2 Å². The minimum atomic E-state index is -2.38. The van der Waals surface area contributed by atoms with Crippen molar-refractivity contribution in [1.82, 2.24) is 0 Å². The van der Waals surface area contributed by atoms with Crippen LogP contribution in [0.15, 0.2) is 0 Å². The van der Waals surface area contributed by atoms with Crippen LogP contribution in [0.25, 0.3) is 0 Å². The third-order valence-electron chi connectivity index (χ3n) is 4.19. The smallest absolute Gasteiger partial charge is 0.367 e. The van der Waals surface area contributed by atoms with Gasteiger partial charge >= 0.3 is 8.56 Å². The fourth-order valence-electron chi connectivity index (χ4n) is 2.61. The fourth-order valence-corrected chi connectivity index (χ4v) is 4.95. The summed E-state index contributed by atoms with van der Waals surface area (Å²) in [6.45, 7) is 10.0. The van der Waals surface area contributed by atoms with Crippen LogP contribution in [0.4, 0.5) is 0 Å². The van der Waals surface area contributed by atoms with Crippen LogP contribution in [0.2, 0.25) is 6.04 Å². The topological polar surface area (TPSA) is 55.4 Å². The molecule has 7 heteroatoms. The highest BCUT2D eigenvalue weighted by Crippen LogP contribution is 2.37. The van der Waals surface area contributed by atoms with Crippen molar-refractivity contribution in [2.24, 2.45) is 0 Å².